The molecule has 2 rings (SSSR count). The molecule has 0 spiro atoms. The molecule has 0 saturated heterocycles. The Hall–Kier alpha value is -2.97. The topological polar surface area (TPSA) is 144 Å². The number of nitrogens with zero attached hydrogens (tertiary/aromatic N) is 3. The predicted molar refractivity (Wildman–Crippen MR) is 98.7 cm³/mol. The van der Waals surface area contributed by atoms with Gasteiger partial charge >= 0.3 is 6.09 Å². The Morgan fingerprint density at radius 3 is 2.64 bits per heavy atom. The molecule has 136 valence electrons. The van der Waals surface area contributed by atoms with Crippen molar-refractivity contribution in [2.24, 2.45) is 27.2 Å². The van der Waals surface area contributed by atoms with E-state index in [4.69, 9.17) is 21.9 Å². The quantitative estimate of drug-likeness (QED) is 0.442. The summed E-state index contributed by atoms with van der Waals surface area (Å²) in [6.45, 7) is 7.10. The van der Waals surface area contributed by atoms with Gasteiger partial charge in [-0.3, -0.25) is 0 Å². The molecule has 1 amide bonds. The standard InChI is InChI=1S/C16H25N7O2/c1-16(2,3)25-15(24)23-7-6-20-12-5-4-11(8-10(12)9-23)21-14(19)22-13(17)18/h4-5,8,20H,6-7,9H2,1-3H3,(H6,17,18,19,21,22). The van der Waals surface area contributed by atoms with Gasteiger partial charge in [0.2, 0.25) is 5.96 Å². The van der Waals surface area contributed by atoms with Crippen LogP contribution in [-0.2, 0) is 11.3 Å². The van der Waals surface area contributed by atoms with Crippen LogP contribution in [0.5, 0.6) is 0 Å². The summed E-state index contributed by atoms with van der Waals surface area (Å²) in [5.74, 6) is -0.195. The van der Waals surface area contributed by atoms with E-state index in [1.807, 2.05) is 32.9 Å². The monoisotopic (exact) mass is 347 g/mol. The molecule has 0 bridgehead atoms. The van der Waals surface area contributed by atoms with Crippen LogP contribution in [0.15, 0.2) is 28.2 Å². The number of carbonyl (C=O) groups excluding carboxylic acids is 1. The number of fused-ring (bicyclic) bond motifs is 1. The lowest BCUT2D eigenvalue weighted by atomic mass is 10.1. The van der Waals surface area contributed by atoms with Crippen molar-refractivity contribution in [2.45, 2.75) is 32.9 Å². The summed E-state index contributed by atoms with van der Waals surface area (Å²) in [5, 5.41) is 3.29. The van der Waals surface area contributed by atoms with Crippen LogP contribution in [-0.4, -0.2) is 41.6 Å². The molecule has 7 N–H and O–H groups in total. The molecule has 0 atom stereocenters. The fourth-order valence-corrected chi connectivity index (χ4v) is 2.34. The largest absolute Gasteiger partial charge is 0.444 e. The van der Waals surface area contributed by atoms with Crippen molar-refractivity contribution in [3.63, 3.8) is 0 Å². The maximum Gasteiger partial charge on any atom is 0.410 e. The molecular weight excluding hydrogens is 322 g/mol. The van der Waals surface area contributed by atoms with Gasteiger partial charge in [-0.15, -0.1) is 0 Å². The van der Waals surface area contributed by atoms with E-state index in [2.05, 4.69) is 15.3 Å². The maximum absolute atomic E-state index is 12.3. The predicted octanol–water partition coefficient (Wildman–Crippen LogP) is 1.07. The Labute approximate surface area is 146 Å². The first-order chi connectivity index (χ1) is 11.6. The van der Waals surface area contributed by atoms with Crippen LogP contribution in [0.2, 0.25) is 0 Å². The van der Waals surface area contributed by atoms with Gasteiger partial charge < -0.3 is 32.2 Å². The van der Waals surface area contributed by atoms with Crippen molar-refractivity contribution in [2.75, 3.05) is 18.4 Å². The highest BCUT2D eigenvalue weighted by molar-refractivity contribution is 5.93. The van der Waals surface area contributed by atoms with Crippen LogP contribution in [0.4, 0.5) is 16.2 Å². The third-order valence-corrected chi connectivity index (χ3v) is 3.29. The van der Waals surface area contributed by atoms with Gasteiger partial charge in [0, 0.05) is 18.8 Å². The van der Waals surface area contributed by atoms with Crippen molar-refractivity contribution in [1.29, 1.82) is 0 Å². The summed E-state index contributed by atoms with van der Waals surface area (Å²) < 4.78 is 5.45. The SMILES string of the molecule is CC(C)(C)OC(=O)N1CCNc2ccc(N=C(N)N=C(N)N)cc2C1. The van der Waals surface area contributed by atoms with Gasteiger partial charge in [0.25, 0.3) is 0 Å². The summed E-state index contributed by atoms with van der Waals surface area (Å²) in [6, 6.07) is 5.51. The van der Waals surface area contributed by atoms with E-state index in [0.717, 1.165) is 11.3 Å². The number of hydrogen-bond donors (Lipinski definition) is 4. The van der Waals surface area contributed by atoms with Crippen LogP contribution in [0, 0.1) is 0 Å². The van der Waals surface area contributed by atoms with E-state index >= 15 is 0 Å². The number of rotatable bonds is 1. The zero-order valence-corrected chi connectivity index (χ0v) is 14.7. The molecular formula is C16H25N7O2. The number of anilines is 1. The summed E-state index contributed by atoms with van der Waals surface area (Å²) >= 11 is 0. The Morgan fingerprint density at radius 1 is 1.28 bits per heavy atom. The molecule has 0 unspecified atom stereocenters. The van der Waals surface area contributed by atoms with Gasteiger partial charge in [0.05, 0.1) is 12.2 Å². The molecule has 1 aliphatic heterocycles. The molecule has 1 aromatic carbocycles. The zero-order valence-electron chi connectivity index (χ0n) is 14.7. The fraction of sp³-hybridized carbons (Fsp3) is 0.438. The van der Waals surface area contributed by atoms with Crippen molar-refractivity contribution in [3.8, 4) is 0 Å². The average Bonchev–Trinajstić information content (AvgIpc) is 2.66. The molecule has 0 aliphatic carbocycles. The van der Waals surface area contributed by atoms with Gasteiger partial charge in [-0.25, -0.2) is 9.79 Å². The summed E-state index contributed by atoms with van der Waals surface area (Å²) in [6.07, 6.45) is -0.351. The van der Waals surface area contributed by atoms with E-state index in [0.29, 0.717) is 25.3 Å². The van der Waals surface area contributed by atoms with E-state index in [1.165, 1.54) is 0 Å². The van der Waals surface area contributed by atoms with Gasteiger partial charge in [-0.1, -0.05) is 0 Å². The van der Waals surface area contributed by atoms with Crippen LogP contribution in [0.3, 0.4) is 0 Å². The van der Waals surface area contributed by atoms with E-state index in [1.54, 1.807) is 11.0 Å². The third kappa shape index (κ3) is 5.55. The Morgan fingerprint density at radius 2 is 2.00 bits per heavy atom. The number of hydrogen-bond acceptors (Lipinski definition) is 4. The lowest BCUT2D eigenvalue weighted by Gasteiger charge is -2.26. The third-order valence-electron chi connectivity index (χ3n) is 3.29. The summed E-state index contributed by atoms with van der Waals surface area (Å²) in [5.41, 5.74) is 18.1. The molecule has 0 aromatic heterocycles. The van der Waals surface area contributed by atoms with Crippen LogP contribution in [0.1, 0.15) is 26.3 Å². The average molecular weight is 347 g/mol. The fourth-order valence-electron chi connectivity index (χ4n) is 2.34. The second-order valence-electron chi connectivity index (χ2n) is 6.68. The minimum Gasteiger partial charge on any atom is -0.444 e. The second-order valence-corrected chi connectivity index (χ2v) is 6.68. The summed E-state index contributed by atoms with van der Waals surface area (Å²) in [4.78, 5) is 21.8. The number of carbonyl (C=O) groups is 1. The van der Waals surface area contributed by atoms with Gasteiger partial charge in [0.1, 0.15) is 5.60 Å². The number of nitrogens with two attached hydrogens (primary N) is 3. The van der Waals surface area contributed by atoms with Crippen molar-refractivity contribution >= 4 is 29.4 Å². The van der Waals surface area contributed by atoms with Crippen LogP contribution in [0.25, 0.3) is 0 Å². The lowest BCUT2D eigenvalue weighted by Crippen LogP contribution is -2.37. The molecule has 0 saturated carbocycles. The minimum atomic E-state index is -0.541. The number of ether oxygens (including phenoxy) is 1. The molecule has 0 fully saturated rings. The van der Waals surface area contributed by atoms with Crippen molar-refractivity contribution in [3.05, 3.63) is 23.8 Å². The van der Waals surface area contributed by atoms with Crippen LogP contribution >= 0.6 is 0 Å². The molecule has 1 aromatic rings. The summed E-state index contributed by atoms with van der Waals surface area (Å²) in [7, 11) is 0. The molecule has 1 heterocycles. The van der Waals surface area contributed by atoms with Gasteiger partial charge in [0.15, 0.2) is 5.96 Å². The highest BCUT2D eigenvalue weighted by atomic mass is 16.6. The Kier molecular flexibility index (Phi) is 5.35. The number of aliphatic imine (C=N–C) groups is 2. The van der Waals surface area contributed by atoms with Gasteiger partial charge in [-0.05, 0) is 44.5 Å². The van der Waals surface area contributed by atoms with Crippen LogP contribution < -0.4 is 22.5 Å². The number of benzene rings is 1. The lowest BCUT2D eigenvalue weighted by molar-refractivity contribution is 0.0245. The number of nitrogens with one attached hydrogen (secondary N) is 1. The molecule has 0 radical (unpaired) electrons. The first kappa shape index (κ1) is 18.4. The number of amides is 1. The number of guanidine groups is 2. The van der Waals surface area contributed by atoms with Crippen molar-refractivity contribution in [1.82, 2.24) is 4.90 Å². The Bertz CT molecular complexity index is 703. The van der Waals surface area contributed by atoms with Crippen molar-refractivity contribution < 1.29 is 9.53 Å². The van der Waals surface area contributed by atoms with E-state index < -0.39 is 5.60 Å². The maximum atomic E-state index is 12.3. The molecule has 9 heteroatoms. The highest BCUT2D eigenvalue weighted by Crippen LogP contribution is 2.26. The second kappa shape index (κ2) is 7.29. The molecule has 9 nitrogen and oxygen atoms in total. The minimum absolute atomic E-state index is 0.0365. The molecule has 25 heavy (non-hydrogen) atoms. The van der Waals surface area contributed by atoms with Gasteiger partial charge in [-0.2, -0.15) is 4.99 Å². The highest BCUT2D eigenvalue weighted by Gasteiger charge is 2.24. The normalized spacial score (nSPS) is 14.8. The molecule has 1 aliphatic rings. The van der Waals surface area contributed by atoms with E-state index in [-0.39, 0.29) is 18.0 Å². The first-order valence-electron chi connectivity index (χ1n) is 7.92. The smallest absolute Gasteiger partial charge is 0.410 e. The zero-order chi connectivity index (χ0) is 18.6. The van der Waals surface area contributed by atoms with E-state index in [9.17, 15) is 4.79 Å². The Balaban J connectivity index is 2.23. The first-order valence-corrected chi connectivity index (χ1v) is 7.92.